The highest BCUT2D eigenvalue weighted by Gasteiger charge is 2.21. The molecule has 0 aliphatic carbocycles. The van der Waals surface area contributed by atoms with E-state index in [-0.39, 0.29) is 29.3 Å². The van der Waals surface area contributed by atoms with E-state index in [1.54, 1.807) is 37.3 Å². The zero-order chi connectivity index (χ0) is 24.7. The molecule has 0 aliphatic rings. The smallest absolute Gasteiger partial charge is 0.343 e. The normalized spacial score (nSPS) is 10.8. The predicted molar refractivity (Wildman–Crippen MR) is 129 cm³/mol. The number of aromatic nitrogens is 2. The number of rotatable bonds is 8. The number of para-hydroxylation sites is 1. The minimum Gasteiger partial charge on any atom is -0.490 e. The fraction of sp³-hybridized carbons (Fsp3) is 0.167. The lowest BCUT2D eigenvalue weighted by Gasteiger charge is -2.14. The van der Waals surface area contributed by atoms with Crippen molar-refractivity contribution in [3.05, 3.63) is 63.8 Å². The van der Waals surface area contributed by atoms with Gasteiger partial charge in [-0.2, -0.15) is 15.6 Å². The summed E-state index contributed by atoms with van der Waals surface area (Å²) in [6.45, 7) is 1.85. The van der Waals surface area contributed by atoms with E-state index in [0.29, 0.717) is 33.8 Å². The van der Waals surface area contributed by atoms with Crippen LogP contribution in [0.15, 0.2) is 46.9 Å². The molecule has 10 heteroatoms. The summed E-state index contributed by atoms with van der Waals surface area (Å²) in [6.07, 6.45) is 1.56. The Morgan fingerprint density at radius 3 is 2.59 bits per heavy atom. The van der Waals surface area contributed by atoms with Crippen molar-refractivity contribution in [1.82, 2.24) is 9.78 Å². The molecule has 0 radical (unpaired) electrons. The Bertz CT molecular complexity index is 1320. The molecular formula is C24H20BrN5O4. The van der Waals surface area contributed by atoms with Crippen molar-refractivity contribution in [2.24, 2.45) is 0 Å². The van der Waals surface area contributed by atoms with Crippen LogP contribution in [0.1, 0.15) is 23.7 Å². The highest BCUT2D eigenvalue weighted by atomic mass is 79.9. The Morgan fingerprint density at radius 1 is 1.24 bits per heavy atom. The molecule has 0 amide bonds. The van der Waals surface area contributed by atoms with Crippen LogP contribution in [0.25, 0.3) is 17.3 Å². The van der Waals surface area contributed by atoms with Crippen molar-refractivity contribution < 1.29 is 19.0 Å². The quantitative estimate of drug-likeness (QED) is 0.345. The van der Waals surface area contributed by atoms with Gasteiger partial charge in [0.05, 0.1) is 29.4 Å². The lowest BCUT2D eigenvalue weighted by atomic mass is 10.1. The van der Waals surface area contributed by atoms with E-state index in [2.05, 4.69) is 31.8 Å². The van der Waals surface area contributed by atoms with Gasteiger partial charge < -0.3 is 19.9 Å². The first-order chi connectivity index (χ1) is 16.4. The zero-order valence-electron chi connectivity index (χ0n) is 18.4. The molecule has 3 rings (SSSR count). The van der Waals surface area contributed by atoms with Gasteiger partial charge in [0, 0.05) is 0 Å². The van der Waals surface area contributed by atoms with Gasteiger partial charge in [0.15, 0.2) is 18.1 Å². The summed E-state index contributed by atoms with van der Waals surface area (Å²) in [5.41, 5.74) is 7.80. The number of esters is 1. The Kier molecular flexibility index (Phi) is 7.91. The summed E-state index contributed by atoms with van der Waals surface area (Å²) in [5.74, 6) is 0.269. The molecule has 172 valence electrons. The maximum Gasteiger partial charge on any atom is 0.343 e. The molecule has 3 aromatic rings. The van der Waals surface area contributed by atoms with Crippen molar-refractivity contribution in [2.45, 2.75) is 6.92 Å². The molecule has 2 aromatic carbocycles. The molecule has 0 saturated heterocycles. The van der Waals surface area contributed by atoms with Gasteiger partial charge in [-0.25, -0.2) is 9.48 Å². The summed E-state index contributed by atoms with van der Waals surface area (Å²) in [5, 5.41) is 24.0. The second-order valence-electron chi connectivity index (χ2n) is 6.77. The topological polar surface area (TPSA) is 136 Å². The molecule has 2 N–H and O–H groups in total. The Labute approximate surface area is 204 Å². The lowest BCUT2D eigenvalue weighted by Crippen LogP contribution is -2.13. The standard InChI is InChI=1S/C24H20BrN5O4/c1-3-33-20-11-15(10-19(25)23(20)34-14-21(31)32-2)9-16(12-26)22-18(13-27)24(28)30(29-22)17-7-5-4-6-8-17/h4-11H,3,14,28H2,1-2H3. The van der Waals surface area contributed by atoms with Crippen LogP contribution in [-0.4, -0.2) is 36.1 Å². The van der Waals surface area contributed by atoms with Crippen molar-refractivity contribution >= 4 is 39.4 Å². The molecule has 0 spiro atoms. The second-order valence-corrected chi connectivity index (χ2v) is 7.62. The third-order valence-corrected chi connectivity index (χ3v) is 5.20. The van der Waals surface area contributed by atoms with E-state index in [4.69, 9.17) is 15.2 Å². The highest BCUT2D eigenvalue weighted by Crippen LogP contribution is 2.38. The number of benzene rings is 2. The molecular weight excluding hydrogens is 502 g/mol. The van der Waals surface area contributed by atoms with Gasteiger partial charge in [0.1, 0.15) is 29.2 Å². The fourth-order valence-electron chi connectivity index (χ4n) is 3.08. The zero-order valence-corrected chi connectivity index (χ0v) is 20.0. The molecule has 0 fully saturated rings. The van der Waals surface area contributed by atoms with E-state index in [9.17, 15) is 15.3 Å². The number of carbonyl (C=O) groups excluding carboxylic acids is 1. The summed E-state index contributed by atoms with van der Waals surface area (Å²) in [7, 11) is 1.27. The number of halogens is 1. The SMILES string of the molecule is CCOc1cc(C=C(C#N)c2nn(-c3ccccc3)c(N)c2C#N)cc(Br)c1OCC(=O)OC. The largest absolute Gasteiger partial charge is 0.490 e. The maximum absolute atomic E-state index is 11.5. The van der Waals surface area contributed by atoms with E-state index in [1.165, 1.54) is 11.8 Å². The average molecular weight is 522 g/mol. The first-order valence-corrected chi connectivity index (χ1v) is 10.8. The van der Waals surface area contributed by atoms with Crippen molar-refractivity contribution in [3.63, 3.8) is 0 Å². The minimum atomic E-state index is -0.541. The van der Waals surface area contributed by atoms with Crippen LogP contribution in [0.5, 0.6) is 11.5 Å². The Hall–Kier alpha value is -4.28. The molecule has 0 unspecified atom stereocenters. The van der Waals surface area contributed by atoms with Crippen LogP contribution in [-0.2, 0) is 9.53 Å². The van der Waals surface area contributed by atoms with Crippen LogP contribution in [0, 0.1) is 22.7 Å². The van der Waals surface area contributed by atoms with E-state index >= 15 is 0 Å². The number of ether oxygens (including phenoxy) is 3. The van der Waals surface area contributed by atoms with Crippen LogP contribution >= 0.6 is 15.9 Å². The Morgan fingerprint density at radius 2 is 1.97 bits per heavy atom. The molecule has 0 aliphatic heterocycles. The number of nitriles is 2. The number of hydrogen-bond donors (Lipinski definition) is 1. The van der Waals surface area contributed by atoms with E-state index in [1.807, 2.05) is 24.3 Å². The molecule has 9 nitrogen and oxygen atoms in total. The van der Waals surface area contributed by atoms with Gasteiger partial charge in [0.2, 0.25) is 0 Å². The summed E-state index contributed by atoms with van der Waals surface area (Å²) >= 11 is 3.42. The number of nitrogens with two attached hydrogens (primary N) is 1. The first-order valence-electron chi connectivity index (χ1n) is 10.1. The predicted octanol–water partition coefficient (Wildman–Crippen LogP) is 4.10. The van der Waals surface area contributed by atoms with Gasteiger partial charge in [-0.1, -0.05) is 18.2 Å². The molecule has 34 heavy (non-hydrogen) atoms. The summed E-state index contributed by atoms with van der Waals surface area (Å²) in [4.78, 5) is 11.5. The highest BCUT2D eigenvalue weighted by molar-refractivity contribution is 9.10. The first kappa shape index (κ1) is 24.4. The third kappa shape index (κ3) is 5.20. The van der Waals surface area contributed by atoms with E-state index < -0.39 is 5.97 Å². The molecule has 1 heterocycles. The number of methoxy groups -OCH3 is 1. The number of nitrogens with zero attached hydrogens (tertiary/aromatic N) is 4. The van der Waals surface area contributed by atoms with Crippen LogP contribution in [0.3, 0.4) is 0 Å². The van der Waals surface area contributed by atoms with Gasteiger partial charge in [-0.05, 0) is 58.8 Å². The molecule has 0 saturated carbocycles. The number of anilines is 1. The van der Waals surface area contributed by atoms with Crippen LogP contribution in [0.2, 0.25) is 0 Å². The molecule has 0 bridgehead atoms. The minimum absolute atomic E-state index is 0.0961. The van der Waals surface area contributed by atoms with Gasteiger partial charge in [0.25, 0.3) is 0 Å². The lowest BCUT2D eigenvalue weighted by molar-refractivity contribution is -0.142. The summed E-state index contributed by atoms with van der Waals surface area (Å²) in [6, 6.07) is 16.6. The molecule has 0 atom stereocenters. The van der Waals surface area contributed by atoms with Crippen LogP contribution < -0.4 is 15.2 Å². The van der Waals surface area contributed by atoms with E-state index in [0.717, 1.165) is 0 Å². The number of allylic oxidation sites excluding steroid dienone is 1. The number of hydrogen-bond acceptors (Lipinski definition) is 8. The molecule has 1 aromatic heterocycles. The van der Waals surface area contributed by atoms with Gasteiger partial charge in [-0.15, -0.1) is 0 Å². The monoisotopic (exact) mass is 521 g/mol. The average Bonchev–Trinajstić information content (AvgIpc) is 3.18. The van der Waals surface area contributed by atoms with Crippen molar-refractivity contribution in [1.29, 1.82) is 10.5 Å². The second kappa shape index (κ2) is 11.0. The Balaban J connectivity index is 2.07. The number of nitrogen functional groups attached to an aromatic ring is 1. The third-order valence-electron chi connectivity index (χ3n) is 4.61. The van der Waals surface area contributed by atoms with Gasteiger partial charge in [-0.3, -0.25) is 0 Å². The summed E-state index contributed by atoms with van der Waals surface area (Å²) < 4.78 is 17.7. The van der Waals surface area contributed by atoms with Crippen molar-refractivity contribution in [3.8, 4) is 29.3 Å². The number of carbonyl (C=O) groups is 1. The van der Waals surface area contributed by atoms with Crippen LogP contribution in [0.4, 0.5) is 5.82 Å². The fourth-order valence-corrected chi connectivity index (χ4v) is 3.65. The van der Waals surface area contributed by atoms with Gasteiger partial charge >= 0.3 is 5.97 Å². The van der Waals surface area contributed by atoms with Crippen molar-refractivity contribution in [2.75, 3.05) is 26.1 Å². The maximum atomic E-state index is 11.5.